The number of hydrogen-bond acceptors (Lipinski definition) is 3. The summed E-state index contributed by atoms with van der Waals surface area (Å²) in [5.41, 5.74) is 2.61. The monoisotopic (exact) mass is 388 g/mol. The molecule has 0 bridgehead atoms. The topological polar surface area (TPSA) is 35.5 Å². The Hall–Kier alpha value is -1.20. The number of nitrogens with zero attached hydrogens (tertiary/aromatic N) is 1. The lowest BCUT2D eigenvalue weighted by Crippen LogP contribution is -2.50. The Balaban J connectivity index is 1.54. The van der Waals surface area contributed by atoms with E-state index in [0.29, 0.717) is 6.04 Å². The molecule has 3 nitrogen and oxygen atoms in total. The first-order chi connectivity index (χ1) is 11.8. The highest BCUT2D eigenvalue weighted by molar-refractivity contribution is 9.10. The minimum Gasteiger partial charge on any atom is -0.396 e. The zero-order valence-electron chi connectivity index (χ0n) is 13.9. The van der Waals surface area contributed by atoms with E-state index < -0.39 is 0 Å². The maximum Gasteiger partial charge on any atom is 0.0486 e. The number of piperidine rings is 1. The summed E-state index contributed by atoms with van der Waals surface area (Å²) >= 11 is 3.60. The molecule has 24 heavy (non-hydrogen) atoms. The number of aliphatic hydroxyl groups is 1. The van der Waals surface area contributed by atoms with Crippen LogP contribution in [0.25, 0.3) is 0 Å². The van der Waals surface area contributed by atoms with Crippen LogP contribution >= 0.6 is 15.9 Å². The molecule has 1 aliphatic rings. The molecule has 0 aromatic heterocycles. The van der Waals surface area contributed by atoms with E-state index in [1.54, 1.807) is 0 Å². The summed E-state index contributed by atoms with van der Waals surface area (Å²) in [6, 6.07) is 19.2. The van der Waals surface area contributed by atoms with Crippen LogP contribution in [0.4, 0.5) is 0 Å². The van der Waals surface area contributed by atoms with Crippen molar-refractivity contribution in [2.75, 3.05) is 19.7 Å². The third-order valence-corrected chi connectivity index (χ3v) is 5.59. The van der Waals surface area contributed by atoms with E-state index in [-0.39, 0.29) is 12.5 Å². The van der Waals surface area contributed by atoms with E-state index >= 15 is 0 Å². The first kappa shape index (κ1) is 17.6. The van der Waals surface area contributed by atoms with Gasteiger partial charge in [0.15, 0.2) is 0 Å². The van der Waals surface area contributed by atoms with Crippen molar-refractivity contribution in [3.63, 3.8) is 0 Å². The molecule has 2 atom stereocenters. The normalized spacial score (nSPS) is 21.8. The number of hydrogen-bond donors (Lipinski definition) is 2. The van der Waals surface area contributed by atoms with Gasteiger partial charge in [-0.2, -0.15) is 0 Å². The van der Waals surface area contributed by atoms with Crippen LogP contribution in [0.15, 0.2) is 59.1 Å². The fourth-order valence-corrected chi connectivity index (χ4v) is 3.85. The van der Waals surface area contributed by atoms with Crippen molar-refractivity contribution >= 4 is 15.9 Å². The standard InChI is InChI=1S/C20H25BrN2O/c21-19-9-5-4-8-17(19)12-22-20-10-11-23(14-18(20)15-24)13-16-6-2-1-3-7-16/h1-9,18,20,22,24H,10-15H2/t18-,20-/m0/s1. The number of nitrogens with one attached hydrogen (secondary N) is 1. The minimum atomic E-state index is 0.235. The van der Waals surface area contributed by atoms with Gasteiger partial charge in [0.2, 0.25) is 0 Å². The van der Waals surface area contributed by atoms with Gasteiger partial charge in [-0.25, -0.2) is 0 Å². The Bertz CT molecular complexity index is 635. The first-order valence-electron chi connectivity index (χ1n) is 8.60. The smallest absolute Gasteiger partial charge is 0.0486 e. The predicted molar refractivity (Wildman–Crippen MR) is 102 cm³/mol. The predicted octanol–water partition coefficient (Wildman–Crippen LogP) is 3.42. The third kappa shape index (κ3) is 4.67. The number of likely N-dealkylation sites (tertiary alicyclic amines) is 1. The second-order valence-corrected chi connectivity index (χ2v) is 7.39. The van der Waals surface area contributed by atoms with Gasteiger partial charge in [0, 0.05) is 42.7 Å². The van der Waals surface area contributed by atoms with E-state index in [1.807, 2.05) is 6.07 Å². The Labute approximate surface area is 152 Å². The Morgan fingerprint density at radius 1 is 1.08 bits per heavy atom. The summed E-state index contributed by atoms with van der Waals surface area (Å²) in [7, 11) is 0. The Morgan fingerprint density at radius 3 is 2.58 bits per heavy atom. The third-order valence-electron chi connectivity index (χ3n) is 4.81. The Kier molecular flexibility index (Phi) is 6.44. The molecular weight excluding hydrogens is 364 g/mol. The minimum absolute atomic E-state index is 0.235. The van der Waals surface area contributed by atoms with Gasteiger partial charge in [-0.1, -0.05) is 64.5 Å². The molecule has 1 fully saturated rings. The van der Waals surface area contributed by atoms with Crippen LogP contribution < -0.4 is 5.32 Å². The van der Waals surface area contributed by atoms with Gasteiger partial charge >= 0.3 is 0 Å². The molecular formula is C20H25BrN2O. The molecule has 1 saturated heterocycles. The molecule has 1 heterocycles. The Morgan fingerprint density at radius 2 is 1.83 bits per heavy atom. The fourth-order valence-electron chi connectivity index (χ4n) is 3.43. The average Bonchev–Trinajstić information content (AvgIpc) is 2.62. The molecule has 0 aliphatic carbocycles. The van der Waals surface area contributed by atoms with Gasteiger partial charge in [0.1, 0.15) is 0 Å². The van der Waals surface area contributed by atoms with Crippen molar-refractivity contribution in [2.24, 2.45) is 5.92 Å². The number of rotatable bonds is 6. The molecule has 1 aliphatic heterocycles. The molecule has 0 amide bonds. The van der Waals surface area contributed by atoms with Gasteiger partial charge in [-0.05, 0) is 30.2 Å². The zero-order valence-corrected chi connectivity index (χ0v) is 15.5. The van der Waals surface area contributed by atoms with Crippen molar-refractivity contribution < 1.29 is 5.11 Å². The highest BCUT2D eigenvalue weighted by Crippen LogP contribution is 2.21. The second-order valence-electron chi connectivity index (χ2n) is 6.53. The fraction of sp³-hybridized carbons (Fsp3) is 0.400. The van der Waals surface area contributed by atoms with Gasteiger partial charge in [0.25, 0.3) is 0 Å². The largest absolute Gasteiger partial charge is 0.396 e. The van der Waals surface area contributed by atoms with Crippen LogP contribution in [-0.2, 0) is 13.1 Å². The van der Waals surface area contributed by atoms with Gasteiger partial charge in [-0.3, -0.25) is 4.90 Å². The van der Waals surface area contributed by atoms with Crippen LogP contribution in [0.5, 0.6) is 0 Å². The summed E-state index contributed by atoms with van der Waals surface area (Å²) in [5, 5.41) is 13.5. The van der Waals surface area contributed by atoms with Gasteiger partial charge < -0.3 is 10.4 Å². The zero-order chi connectivity index (χ0) is 16.8. The van der Waals surface area contributed by atoms with Crippen LogP contribution in [0.2, 0.25) is 0 Å². The quantitative estimate of drug-likeness (QED) is 0.795. The summed E-state index contributed by atoms with van der Waals surface area (Å²) in [6.07, 6.45) is 1.07. The second kappa shape index (κ2) is 8.77. The molecule has 0 radical (unpaired) electrons. The number of aliphatic hydroxyl groups excluding tert-OH is 1. The molecule has 2 aromatic carbocycles. The van der Waals surface area contributed by atoms with Crippen LogP contribution in [-0.4, -0.2) is 35.7 Å². The molecule has 0 saturated carbocycles. The molecule has 2 N–H and O–H groups in total. The summed E-state index contributed by atoms with van der Waals surface area (Å²) in [5.74, 6) is 0.282. The lowest BCUT2D eigenvalue weighted by molar-refractivity contribution is 0.0849. The summed E-state index contributed by atoms with van der Waals surface area (Å²) in [4.78, 5) is 2.45. The molecule has 4 heteroatoms. The van der Waals surface area contributed by atoms with Crippen molar-refractivity contribution in [2.45, 2.75) is 25.6 Å². The van der Waals surface area contributed by atoms with E-state index in [2.05, 4.69) is 74.7 Å². The number of halogens is 1. The first-order valence-corrected chi connectivity index (χ1v) is 9.39. The molecule has 3 rings (SSSR count). The molecule has 128 valence electrons. The molecule has 0 unspecified atom stereocenters. The van der Waals surface area contributed by atoms with E-state index in [9.17, 15) is 5.11 Å². The van der Waals surface area contributed by atoms with Gasteiger partial charge in [-0.15, -0.1) is 0 Å². The highest BCUT2D eigenvalue weighted by Gasteiger charge is 2.28. The van der Waals surface area contributed by atoms with Gasteiger partial charge in [0.05, 0.1) is 0 Å². The van der Waals surface area contributed by atoms with Crippen molar-refractivity contribution in [3.8, 4) is 0 Å². The van der Waals surface area contributed by atoms with Crippen molar-refractivity contribution in [1.29, 1.82) is 0 Å². The highest BCUT2D eigenvalue weighted by atomic mass is 79.9. The average molecular weight is 389 g/mol. The van der Waals surface area contributed by atoms with E-state index in [1.165, 1.54) is 11.1 Å². The maximum absolute atomic E-state index is 9.82. The molecule has 0 spiro atoms. The lowest BCUT2D eigenvalue weighted by Gasteiger charge is -2.38. The van der Waals surface area contributed by atoms with Crippen LogP contribution in [0.1, 0.15) is 17.5 Å². The van der Waals surface area contributed by atoms with E-state index in [4.69, 9.17) is 0 Å². The van der Waals surface area contributed by atoms with Crippen molar-refractivity contribution in [3.05, 3.63) is 70.2 Å². The SMILES string of the molecule is OC[C@@H]1CN(Cc2ccccc2)CC[C@@H]1NCc1ccccc1Br. The number of benzene rings is 2. The van der Waals surface area contributed by atoms with Crippen LogP contribution in [0, 0.1) is 5.92 Å². The summed E-state index contributed by atoms with van der Waals surface area (Å²) < 4.78 is 1.14. The van der Waals surface area contributed by atoms with Crippen LogP contribution in [0.3, 0.4) is 0 Å². The maximum atomic E-state index is 9.82. The van der Waals surface area contributed by atoms with Crippen molar-refractivity contribution in [1.82, 2.24) is 10.2 Å². The van der Waals surface area contributed by atoms with E-state index in [0.717, 1.165) is 37.1 Å². The molecule has 2 aromatic rings. The summed E-state index contributed by atoms with van der Waals surface area (Å²) in [6.45, 7) is 4.05. The lowest BCUT2D eigenvalue weighted by atomic mass is 9.92.